The summed E-state index contributed by atoms with van der Waals surface area (Å²) in [6, 6.07) is 0. The third-order valence-corrected chi connectivity index (χ3v) is 3.14. The largest absolute Gasteiger partial charge is 0.496 e. The van der Waals surface area contributed by atoms with Gasteiger partial charge in [-0.1, -0.05) is 0 Å². The molecule has 0 fully saturated rings. The second-order valence-corrected chi connectivity index (χ2v) is 4.96. The normalized spacial score (nSPS) is 14.3. The van der Waals surface area contributed by atoms with Crippen molar-refractivity contribution < 1.29 is 14.6 Å². The smallest absolute Gasteiger partial charge is 0.128 e. The monoisotopic (exact) mass is 253 g/mol. The van der Waals surface area contributed by atoms with E-state index in [9.17, 15) is 5.11 Å². The van der Waals surface area contributed by atoms with Crippen LogP contribution in [0.3, 0.4) is 0 Å². The molecule has 4 nitrogen and oxygen atoms in total. The van der Waals surface area contributed by atoms with Crippen molar-refractivity contribution >= 4 is 0 Å². The first-order valence-electron chi connectivity index (χ1n) is 6.11. The Hall–Kier alpha value is -1.13. The number of aryl methyl sites for hydroxylation is 1. The van der Waals surface area contributed by atoms with E-state index in [1.807, 2.05) is 13.8 Å². The quantitative estimate of drug-likeness (QED) is 0.843. The third-order valence-electron chi connectivity index (χ3n) is 3.14. The van der Waals surface area contributed by atoms with Crippen LogP contribution in [0.25, 0.3) is 0 Å². The van der Waals surface area contributed by atoms with Crippen LogP contribution < -0.4 is 4.74 Å². The van der Waals surface area contributed by atoms with Gasteiger partial charge in [-0.2, -0.15) is 0 Å². The van der Waals surface area contributed by atoms with Gasteiger partial charge < -0.3 is 14.6 Å². The topological polar surface area (TPSA) is 51.6 Å². The molecule has 0 aliphatic carbocycles. The van der Waals surface area contributed by atoms with E-state index in [1.54, 1.807) is 27.3 Å². The predicted molar refractivity (Wildman–Crippen MR) is 71.1 cm³/mol. The summed E-state index contributed by atoms with van der Waals surface area (Å²) in [5, 5.41) is 10.3. The molecule has 0 amide bonds. The Morgan fingerprint density at radius 2 is 2.00 bits per heavy atom. The summed E-state index contributed by atoms with van der Waals surface area (Å²) in [4.78, 5) is 4.40. The number of rotatable bonds is 6. The average Bonchev–Trinajstić information content (AvgIpc) is 2.31. The Labute approximate surface area is 109 Å². The van der Waals surface area contributed by atoms with Crippen molar-refractivity contribution in [1.29, 1.82) is 0 Å². The van der Waals surface area contributed by atoms with Crippen LogP contribution in [-0.4, -0.2) is 36.5 Å². The van der Waals surface area contributed by atoms with Gasteiger partial charge in [-0.05, 0) is 27.2 Å². The van der Waals surface area contributed by atoms with E-state index in [4.69, 9.17) is 9.47 Å². The molecule has 1 N–H and O–H groups in total. The van der Waals surface area contributed by atoms with E-state index in [1.165, 1.54) is 0 Å². The molecule has 0 aromatic carbocycles. The molecule has 1 unspecified atom stereocenters. The number of aliphatic hydroxyl groups is 1. The van der Waals surface area contributed by atoms with E-state index < -0.39 is 5.60 Å². The second kappa shape index (κ2) is 6.16. The number of pyridine rings is 1. The summed E-state index contributed by atoms with van der Waals surface area (Å²) in [5.74, 6) is 0.850. The fraction of sp³-hybridized carbons (Fsp3) is 0.643. The predicted octanol–water partition coefficient (Wildman–Crippen LogP) is 2.04. The Kier molecular flexibility index (Phi) is 5.11. The van der Waals surface area contributed by atoms with Crippen molar-refractivity contribution in [2.24, 2.45) is 0 Å². The van der Waals surface area contributed by atoms with Crippen molar-refractivity contribution in [1.82, 2.24) is 4.98 Å². The summed E-state index contributed by atoms with van der Waals surface area (Å²) >= 11 is 0. The number of methoxy groups -OCH3 is 2. The summed E-state index contributed by atoms with van der Waals surface area (Å²) in [5.41, 5.74) is 2.07. The number of ether oxygens (including phenoxy) is 2. The van der Waals surface area contributed by atoms with Gasteiger partial charge in [-0.15, -0.1) is 0 Å². The van der Waals surface area contributed by atoms with E-state index >= 15 is 0 Å². The Morgan fingerprint density at radius 1 is 1.33 bits per heavy atom. The molecular weight excluding hydrogens is 230 g/mol. The first-order valence-corrected chi connectivity index (χ1v) is 6.11. The molecule has 18 heavy (non-hydrogen) atoms. The molecule has 0 aliphatic rings. The van der Waals surface area contributed by atoms with Crippen LogP contribution in [0.4, 0.5) is 0 Å². The summed E-state index contributed by atoms with van der Waals surface area (Å²) < 4.78 is 10.4. The van der Waals surface area contributed by atoms with Crippen molar-refractivity contribution in [3.63, 3.8) is 0 Å². The van der Waals surface area contributed by atoms with Crippen molar-refractivity contribution in [2.45, 2.75) is 39.2 Å². The van der Waals surface area contributed by atoms with Crippen LogP contribution in [0.1, 0.15) is 30.2 Å². The van der Waals surface area contributed by atoms with E-state index in [-0.39, 0.29) is 0 Å². The van der Waals surface area contributed by atoms with Crippen molar-refractivity contribution in [2.75, 3.05) is 20.8 Å². The highest BCUT2D eigenvalue weighted by atomic mass is 16.5. The summed E-state index contributed by atoms with van der Waals surface area (Å²) in [6.07, 6.45) is 2.87. The van der Waals surface area contributed by atoms with Gasteiger partial charge in [0.25, 0.3) is 0 Å². The van der Waals surface area contributed by atoms with E-state index in [2.05, 4.69) is 4.98 Å². The van der Waals surface area contributed by atoms with E-state index in [0.717, 1.165) is 22.6 Å². The second-order valence-electron chi connectivity index (χ2n) is 4.96. The highest BCUT2D eigenvalue weighted by Crippen LogP contribution is 2.27. The van der Waals surface area contributed by atoms with Gasteiger partial charge in [0.05, 0.1) is 12.7 Å². The van der Waals surface area contributed by atoms with Gasteiger partial charge in [0, 0.05) is 43.2 Å². The lowest BCUT2D eigenvalue weighted by molar-refractivity contribution is 0.0240. The highest BCUT2D eigenvalue weighted by Gasteiger charge is 2.23. The standard InChI is InChI=1S/C14H23NO3/c1-10-9-15-12(11(2)13(10)18-5)8-14(3,16)6-7-17-4/h9,16H,6-8H2,1-5H3. The zero-order valence-electron chi connectivity index (χ0n) is 11.9. The van der Waals surface area contributed by atoms with Crippen LogP contribution in [0.5, 0.6) is 5.75 Å². The van der Waals surface area contributed by atoms with Gasteiger partial charge in [-0.25, -0.2) is 0 Å². The Bertz CT molecular complexity index is 402. The zero-order chi connectivity index (χ0) is 13.8. The van der Waals surface area contributed by atoms with Gasteiger partial charge in [0.15, 0.2) is 0 Å². The minimum Gasteiger partial charge on any atom is -0.496 e. The first-order chi connectivity index (χ1) is 8.41. The fourth-order valence-corrected chi connectivity index (χ4v) is 2.02. The zero-order valence-corrected chi connectivity index (χ0v) is 11.9. The lowest BCUT2D eigenvalue weighted by atomic mass is 9.94. The number of aromatic nitrogens is 1. The molecule has 1 heterocycles. The number of hydrogen-bond donors (Lipinski definition) is 1. The molecule has 0 saturated carbocycles. The Balaban J connectivity index is 2.91. The molecule has 1 rings (SSSR count). The van der Waals surface area contributed by atoms with Crippen LogP contribution in [0, 0.1) is 13.8 Å². The summed E-state index contributed by atoms with van der Waals surface area (Å²) in [6.45, 7) is 6.28. The van der Waals surface area contributed by atoms with Gasteiger partial charge in [0.1, 0.15) is 5.75 Å². The average molecular weight is 253 g/mol. The Morgan fingerprint density at radius 3 is 2.56 bits per heavy atom. The van der Waals surface area contributed by atoms with Gasteiger partial charge >= 0.3 is 0 Å². The number of hydrogen-bond acceptors (Lipinski definition) is 4. The lowest BCUT2D eigenvalue weighted by Crippen LogP contribution is -2.29. The van der Waals surface area contributed by atoms with Crippen LogP contribution in [-0.2, 0) is 11.2 Å². The maximum atomic E-state index is 10.3. The maximum absolute atomic E-state index is 10.3. The molecule has 1 aromatic heterocycles. The lowest BCUT2D eigenvalue weighted by Gasteiger charge is -2.24. The third kappa shape index (κ3) is 3.68. The van der Waals surface area contributed by atoms with Crippen LogP contribution >= 0.6 is 0 Å². The van der Waals surface area contributed by atoms with Crippen molar-refractivity contribution in [3.8, 4) is 5.75 Å². The SMILES string of the molecule is COCCC(C)(O)Cc1ncc(C)c(OC)c1C. The highest BCUT2D eigenvalue weighted by molar-refractivity contribution is 5.41. The number of nitrogens with zero attached hydrogens (tertiary/aromatic N) is 1. The van der Waals surface area contributed by atoms with Gasteiger partial charge in [-0.3, -0.25) is 4.98 Å². The molecule has 0 radical (unpaired) electrons. The van der Waals surface area contributed by atoms with Crippen molar-refractivity contribution in [3.05, 3.63) is 23.0 Å². The molecule has 0 spiro atoms. The summed E-state index contributed by atoms with van der Waals surface area (Å²) in [7, 11) is 3.29. The molecule has 0 bridgehead atoms. The molecule has 0 aliphatic heterocycles. The minimum atomic E-state index is -0.811. The van der Waals surface area contributed by atoms with Gasteiger partial charge in [0.2, 0.25) is 0 Å². The maximum Gasteiger partial charge on any atom is 0.128 e. The molecule has 0 saturated heterocycles. The first kappa shape index (κ1) is 14.9. The molecule has 1 atom stereocenters. The molecular formula is C14H23NO3. The van der Waals surface area contributed by atoms with E-state index in [0.29, 0.717) is 19.4 Å². The van der Waals surface area contributed by atoms with Crippen LogP contribution in [0.15, 0.2) is 6.20 Å². The van der Waals surface area contributed by atoms with Crippen LogP contribution in [0.2, 0.25) is 0 Å². The minimum absolute atomic E-state index is 0.499. The molecule has 4 heteroatoms. The molecule has 102 valence electrons. The fourth-order valence-electron chi connectivity index (χ4n) is 2.02. The molecule has 1 aromatic rings.